The lowest BCUT2D eigenvalue weighted by Gasteiger charge is -2.48. The van der Waals surface area contributed by atoms with Crippen LogP contribution in [0.3, 0.4) is 0 Å². The van der Waals surface area contributed by atoms with E-state index in [2.05, 4.69) is 31.2 Å². The van der Waals surface area contributed by atoms with Gasteiger partial charge in [0.25, 0.3) is 0 Å². The van der Waals surface area contributed by atoms with Crippen molar-refractivity contribution in [2.24, 2.45) is 17.3 Å². The van der Waals surface area contributed by atoms with E-state index in [1.54, 1.807) is 11.5 Å². The highest BCUT2D eigenvalue weighted by Crippen LogP contribution is 2.59. The highest BCUT2D eigenvalue weighted by atomic mass is 16.5. The molecule has 2 saturated carbocycles. The second kappa shape index (κ2) is 11.0. The Balaban J connectivity index is 1.01. The monoisotopic (exact) mass is 615 g/mol. The second-order valence-electron chi connectivity index (χ2n) is 14.3. The lowest BCUT2D eigenvalue weighted by Crippen LogP contribution is -2.42. The van der Waals surface area contributed by atoms with Gasteiger partial charge in [0, 0.05) is 30.6 Å². The fraction of sp³-hybridized carbons (Fsp3) is 0.425. The first-order chi connectivity index (χ1) is 22.3. The molecule has 8 rings (SSSR count). The van der Waals surface area contributed by atoms with Crippen molar-refractivity contribution in [3.63, 3.8) is 0 Å². The number of ether oxygens (including phenoxy) is 2. The summed E-state index contributed by atoms with van der Waals surface area (Å²) in [4.78, 5) is 38.8. The van der Waals surface area contributed by atoms with Crippen molar-refractivity contribution >= 4 is 28.6 Å². The van der Waals surface area contributed by atoms with Gasteiger partial charge in [0.15, 0.2) is 0 Å². The van der Waals surface area contributed by atoms with E-state index >= 15 is 0 Å². The SMILES string of the molecule is CC(=O)n1c2c(c3ccccc31)OC(CCC(=O)Oc1ccc3c(c1)CC[C@@H]1[C@@H]3CC[C@]3(C)C(=O)CC[C@@H]13)(c1ccccc1)CC2. The van der Waals surface area contributed by atoms with Crippen LogP contribution in [0.1, 0.15) is 98.3 Å². The van der Waals surface area contributed by atoms with E-state index in [4.69, 9.17) is 9.47 Å². The molecular weight excluding hydrogens is 574 g/mol. The summed E-state index contributed by atoms with van der Waals surface area (Å²) in [7, 11) is 0. The first-order valence-electron chi connectivity index (χ1n) is 17.0. The Morgan fingerprint density at radius 3 is 2.57 bits per heavy atom. The number of aromatic nitrogens is 1. The summed E-state index contributed by atoms with van der Waals surface area (Å²) in [6, 6.07) is 24.2. The van der Waals surface area contributed by atoms with Crippen LogP contribution in [0.4, 0.5) is 0 Å². The lowest BCUT2D eigenvalue weighted by atomic mass is 9.55. The van der Waals surface area contributed by atoms with E-state index in [-0.39, 0.29) is 23.7 Å². The van der Waals surface area contributed by atoms with Crippen LogP contribution in [-0.4, -0.2) is 22.2 Å². The van der Waals surface area contributed by atoms with Gasteiger partial charge in [-0.1, -0.05) is 55.5 Å². The number of ketones is 1. The van der Waals surface area contributed by atoms with Crippen molar-refractivity contribution in [3.8, 4) is 11.5 Å². The number of Topliss-reactive ketones (excluding diaryl/α,β-unsaturated/α-hetero) is 1. The van der Waals surface area contributed by atoms with Gasteiger partial charge in [-0.3, -0.25) is 19.0 Å². The molecule has 2 heterocycles. The van der Waals surface area contributed by atoms with Crippen LogP contribution in [0.2, 0.25) is 0 Å². The van der Waals surface area contributed by atoms with Gasteiger partial charge in [-0.25, -0.2) is 0 Å². The predicted octanol–water partition coefficient (Wildman–Crippen LogP) is 8.33. The number of nitrogens with zero attached hydrogens (tertiary/aromatic N) is 1. The molecule has 1 aromatic heterocycles. The summed E-state index contributed by atoms with van der Waals surface area (Å²) in [5, 5.41) is 0.911. The van der Waals surface area contributed by atoms with Crippen molar-refractivity contribution in [2.75, 3.05) is 0 Å². The molecule has 46 heavy (non-hydrogen) atoms. The van der Waals surface area contributed by atoms with Crippen molar-refractivity contribution in [1.82, 2.24) is 4.57 Å². The van der Waals surface area contributed by atoms with Crippen molar-refractivity contribution in [3.05, 3.63) is 95.2 Å². The predicted molar refractivity (Wildman–Crippen MR) is 176 cm³/mol. The summed E-state index contributed by atoms with van der Waals surface area (Å²) in [5.74, 6) is 3.05. The maximum atomic E-state index is 13.4. The molecule has 3 aromatic carbocycles. The quantitative estimate of drug-likeness (QED) is 0.167. The average Bonchev–Trinajstić information content (AvgIpc) is 3.57. The Hall–Kier alpha value is -4.19. The van der Waals surface area contributed by atoms with Gasteiger partial charge in [-0.2, -0.15) is 0 Å². The van der Waals surface area contributed by atoms with E-state index in [0.29, 0.717) is 48.5 Å². The molecule has 6 nitrogen and oxygen atoms in total. The number of carbonyl (C=O) groups excluding carboxylic acids is 3. The van der Waals surface area contributed by atoms with Crippen LogP contribution in [0.5, 0.6) is 11.5 Å². The van der Waals surface area contributed by atoms with Crippen molar-refractivity contribution in [2.45, 2.75) is 89.6 Å². The minimum Gasteiger partial charge on any atom is -0.480 e. The lowest BCUT2D eigenvalue weighted by molar-refractivity contribution is -0.135. The molecule has 2 fully saturated rings. The topological polar surface area (TPSA) is 74.6 Å². The van der Waals surface area contributed by atoms with E-state index in [1.165, 1.54) is 11.1 Å². The summed E-state index contributed by atoms with van der Waals surface area (Å²) < 4.78 is 14.7. The van der Waals surface area contributed by atoms with Gasteiger partial charge >= 0.3 is 5.97 Å². The standard InChI is InChI=1S/C40H41NO5/c1-25(42)41-34-11-7-6-10-32(34)38-35(41)19-22-40(46-38,27-8-4-3-5-9-27)23-20-37(44)45-28-13-15-29-26(24-28)12-14-31-30(29)18-21-39(2)33(31)16-17-36(39)43/h3-11,13,15,24,30-31,33H,12,14,16-23H2,1-2H3/t30-,31-,33+,39+,40?/m1/s1. The molecule has 0 N–H and O–H groups in total. The number of carbonyl (C=O) groups is 3. The molecule has 3 aliphatic carbocycles. The first-order valence-corrected chi connectivity index (χ1v) is 17.0. The molecule has 0 spiro atoms. The number of hydrogen-bond donors (Lipinski definition) is 0. The minimum atomic E-state index is -0.721. The Morgan fingerprint density at radius 2 is 1.74 bits per heavy atom. The molecule has 6 heteroatoms. The number of para-hydroxylation sites is 1. The molecule has 0 radical (unpaired) electrons. The van der Waals surface area contributed by atoms with E-state index in [0.717, 1.165) is 66.4 Å². The third kappa shape index (κ3) is 4.55. The molecule has 1 aliphatic heterocycles. The Kier molecular flexibility index (Phi) is 6.97. The zero-order valence-corrected chi connectivity index (χ0v) is 26.7. The number of fused-ring (bicyclic) bond motifs is 8. The smallest absolute Gasteiger partial charge is 0.311 e. The molecule has 0 saturated heterocycles. The maximum Gasteiger partial charge on any atom is 0.311 e. The van der Waals surface area contributed by atoms with Gasteiger partial charge < -0.3 is 9.47 Å². The fourth-order valence-electron chi connectivity index (χ4n) is 9.67. The molecule has 4 aliphatic rings. The first kappa shape index (κ1) is 29.2. The van der Waals surface area contributed by atoms with Gasteiger partial charge in [0.2, 0.25) is 5.91 Å². The number of esters is 1. The summed E-state index contributed by atoms with van der Waals surface area (Å²) in [6.07, 6.45) is 7.85. The Morgan fingerprint density at radius 1 is 0.935 bits per heavy atom. The van der Waals surface area contributed by atoms with Crippen LogP contribution in [0.25, 0.3) is 10.9 Å². The molecule has 4 aromatic rings. The van der Waals surface area contributed by atoms with Gasteiger partial charge in [-0.05, 0) is 104 Å². The minimum absolute atomic E-state index is 0.0343. The third-order valence-electron chi connectivity index (χ3n) is 12.0. The summed E-state index contributed by atoms with van der Waals surface area (Å²) in [5.41, 5.74) is 4.58. The van der Waals surface area contributed by atoms with Crippen LogP contribution >= 0.6 is 0 Å². The van der Waals surface area contributed by atoms with Gasteiger partial charge in [-0.15, -0.1) is 0 Å². The molecule has 236 valence electrons. The van der Waals surface area contributed by atoms with Crippen molar-refractivity contribution in [1.29, 1.82) is 0 Å². The summed E-state index contributed by atoms with van der Waals surface area (Å²) >= 11 is 0. The Bertz CT molecular complexity index is 1870. The largest absolute Gasteiger partial charge is 0.480 e. The van der Waals surface area contributed by atoms with E-state index in [1.807, 2.05) is 48.5 Å². The molecular formula is C40H41NO5. The number of hydrogen-bond acceptors (Lipinski definition) is 5. The highest BCUT2D eigenvalue weighted by molar-refractivity contribution is 5.97. The van der Waals surface area contributed by atoms with E-state index < -0.39 is 5.60 Å². The van der Waals surface area contributed by atoms with Crippen molar-refractivity contribution < 1.29 is 23.9 Å². The van der Waals surface area contributed by atoms with Gasteiger partial charge in [0.05, 0.1) is 17.6 Å². The number of benzene rings is 3. The van der Waals surface area contributed by atoms with E-state index in [9.17, 15) is 14.4 Å². The molecule has 0 amide bonds. The third-order valence-corrected chi connectivity index (χ3v) is 12.0. The second-order valence-corrected chi connectivity index (χ2v) is 14.3. The molecule has 5 atom stereocenters. The summed E-state index contributed by atoms with van der Waals surface area (Å²) in [6.45, 7) is 3.80. The number of rotatable bonds is 5. The Labute approximate surface area is 270 Å². The van der Waals surface area contributed by atoms with Gasteiger partial charge in [0.1, 0.15) is 22.9 Å². The molecule has 0 bridgehead atoms. The maximum absolute atomic E-state index is 13.4. The normalized spacial score (nSPS) is 28.0. The zero-order valence-electron chi connectivity index (χ0n) is 26.7. The van der Waals surface area contributed by atoms with Crippen LogP contribution in [-0.2, 0) is 28.0 Å². The highest BCUT2D eigenvalue weighted by Gasteiger charge is 2.54. The average molecular weight is 616 g/mol. The molecule has 1 unspecified atom stereocenters. The van der Waals surface area contributed by atoms with Crippen LogP contribution in [0.15, 0.2) is 72.8 Å². The fourth-order valence-corrected chi connectivity index (χ4v) is 9.67. The number of aryl methyl sites for hydroxylation is 1. The zero-order chi connectivity index (χ0) is 31.6. The van der Waals surface area contributed by atoms with Crippen LogP contribution < -0.4 is 9.47 Å². The van der Waals surface area contributed by atoms with Crippen LogP contribution in [0, 0.1) is 17.3 Å².